The summed E-state index contributed by atoms with van der Waals surface area (Å²) >= 11 is 0. The van der Waals surface area contributed by atoms with Gasteiger partial charge in [0.1, 0.15) is 6.54 Å². The van der Waals surface area contributed by atoms with Gasteiger partial charge in [-0.3, -0.25) is 9.59 Å². The van der Waals surface area contributed by atoms with E-state index >= 15 is 0 Å². The molecule has 0 saturated carbocycles. The molecule has 2 aromatic rings. The number of fused-ring (bicyclic) bond motifs is 1. The number of amides is 2. The second kappa shape index (κ2) is 7.75. The van der Waals surface area contributed by atoms with Gasteiger partial charge >= 0.3 is 0 Å². The minimum Gasteiger partial charge on any atom is -0.343 e. The first-order valence-corrected chi connectivity index (χ1v) is 10.2. The zero-order chi connectivity index (χ0) is 18.8. The van der Waals surface area contributed by atoms with Crippen molar-refractivity contribution in [1.82, 2.24) is 14.4 Å². The number of rotatable bonds is 3. The number of likely N-dealkylation sites (tertiary alicyclic amines) is 2. The number of hydrogen-bond donors (Lipinski definition) is 0. The lowest BCUT2D eigenvalue weighted by Crippen LogP contribution is -2.44. The fourth-order valence-electron chi connectivity index (χ4n) is 4.83. The van der Waals surface area contributed by atoms with Crippen LogP contribution in [0.25, 0.3) is 10.9 Å². The summed E-state index contributed by atoms with van der Waals surface area (Å²) in [5, 5.41) is 1.18. The summed E-state index contributed by atoms with van der Waals surface area (Å²) in [7, 11) is 0. The van der Waals surface area contributed by atoms with Crippen LogP contribution in [0.4, 0.5) is 0 Å². The molecule has 0 N–H and O–H groups in total. The van der Waals surface area contributed by atoms with Crippen LogP contribution in [0.2, 0.25) is 0 Å². The van der Waals surface area contributed by atoms with Crippen molar-refractivity contribution < 1.29 is 9.59 Å². The highest BCUT2D eigenvalue weighted by molar-refractivity contribution is 5.83. The summed E-state index contributed by atoms with van der Waals surface area (Å²) in [6.45, 7) is 5.64. The number of benzene rings is 1. The van der Waals surface area contributed by atoms with E-state index in [4.69, 9.17) is 0 Å². The molecule has 5 nitrogen and oxygen atoms in total. The van der Waals surface area contributed by atoms with Crippen molar-refractivity contribution in [2.75, 3.05) is 26.2 Å². The van der Waals surface area contributed by atoms with E-state index in [9.17, 15) is 9.59 Å². The average Bonchev–Trinajstić information content (AvgIpc) is 3.11. The average molecular weight is 367 g/mol. The molecule has 1 aromatic heterocycles. The van der Waals surface area contributed by atoms with Crippen LogP contribution in [0.5, 0.6) is 0 Å². The molecule has 2 aliphatic heterocycles. The zero-order valence-corrected chi connectivity index (χ0v) is 16.1. The Morgan fingerprint density at radius 1 is 0.889 bits per heavy atom. The first-order chi connectivity index (χ1) is 13.1. The van der Waals surface area contributed by atoms with Gasteiger partial charge in [-0.15, -0.1) is 0 Å². The molecule has 3 heterocycles. The topological polar surface area (TPSA) is 45.6 Å². The van der Waals surface area contributed by atoms with E-state index in [-0.39, 0.29) is 11.8 Å². The molecule has 2 aliphatic rings. The number of aromatic nitrogens is 1. The first kappa shape index (κ1) is 18.1. The second-order valence-corrected chi connectivity index (χ2v) is 8.06. The SMILES string of the molecule is CC(=O)N1CCC(C2CCN(C(=O)Cn3ccc4ccccc43)CC2)CC1. The third-order valence-electron chi connectivity index (χ3n) is 6.53. The molecule has 144 valence electrons. The van der Waals surface area contributed by atoms with Gasteiger partial charge < -0.3 is 14.4 Å². The molecule has 0 aliphatic carbocycles. The van der Waals surface area contributed by atoms with Gasteiger partial charge in [0, 0.05) is 44.8 Å². The van der Waals surface area contributed by atoms with Crippen LogP contribution in [0, 0.1) is 11.8 Å². The Bertz CT molecular complexity index is 812. The highest BCUT2D eigenvalue weighted by atomic mass is 16.2. The van der Waals surface area contributed by atoms with Crippen LogP contribution in [0.1, 0.15) is 32.6 Å². The van der Waals surface area contributed by atoms with Gasteiger partial charge in [0.25, 0.3) is 0 Å². The Balaban J connectivity index is 1.29. The lowest BCUT2D eigenvalue weighted by atomic mass is 9.79. The molecule has 2 saturated heterocycles. The largest absolute Gasteiger partial charge is 0.343 e. The fourth-order valence-corrected chi connectivity index (χ4v) is 4.83. The van der Waals surface area contributed by atoms with E-state index < -0.39 is 0 Å². The number of nitrogens with zero attached hydrogens (tertiary/aromatic N) is 3. The highest BCUT2D eigenvalue weighted by Crippen LogP contribution is 2.32. The monoisotopic (exact) mass is 367 g/mol. The van der Waals surface area contributed by atoms with E-state index in [0.29, 0.717) is 18.4 Å². The summed E-state index contributed by atoms with van der Waals surface area (Å²) in [5.74, 6) is 1.84. The number of hydrogen-bond acceptors (Lipinski definition) is 2. The molecule has 0 atom stereocenters. The maximum atomic E-state index is 12.8. The van der Waals surface area contributed by atoms with Crippen LogP contribution < -0.4 is 0 Å². The lowest BCUT2D eigenvalue weighted by molar-refractivity contribution is -0.134. The van der Waals surface area contributed by atoms with Gasteiger partial charge in [0.05, 0.1) is 0 Å². The molecule has 0 bridgehead atoms. The molecule has 5 heteroatoms. The number of piperidine rings is 2. The lowest BCUT2D eigenvalue weighted by Gasteiger charge is -2.40. The Labute approximate surface area is 160 Å². The van der Waals surface area contributed by atoms with Gasteiger partial charge in [0.15, 0.2) is 0 Å². The summed E-state index contributed by atoms with van der Waals surface area (Å²) in [5.41, 5.74) is 1.12. The third-order valence-corrected chi connectivity index (χ3v) is 6.53. The highest BCUT2D eigenvalue weighted by Gasteiger charge is 2.31. The van der Waals surface area contributed by atoms with Gasteiger partial charge in [-0.2, -0.15) is 0 Å². The Kier molecular flexibility index (Phi) is 5.19. The minimum absolute atomic E-state index is 0.200. The Morgan fingerprint density at radius 3 is 2.11 bits per heavy atom. The maximum Gasteiger partial charge on any atom is 0.242 e. The molecule has 0 unspecified atom stereocenters. The summed E-state index contributed by atoms with van der Waals surface area (Å²) in [4.78, 5) is 28.3. The quantitative estimate of drug-likeness (QED) is 0.837. The first-order valence-electron chi connectivity index (χ1n) is 10.2. The predicted octanol–water partition coefficient (Wildman–Crippen LogP) is 3.14. The normalized spacial score (nSPS) is 19.6. The van der Waals surface area contributed by atoms with Crippen molar-refractivity contribution in [2.24, 2.45) is 11.8 Å². The van der Waals surface area contributed by atoms with Gasteiger partial charge in [-0.1, -0.05) is 18.2 Å². The minimum atomic E-state index is 0.200. The van der Waals surface area contributed by atoms with Crippen molar-refractivity contribution in [3.63, 3.8) is 0 Å². The zero-order valence-electron chi connectivity index (χ0n) is 16.1. The van der Waals surface area contributed by atoms with Crippen LogP contribution in [-0.4, -0.2) is 52.4 Å². The number of para-hydroxylation sites is 1. The van der Waals surface area contributed by atoms with Crippen molar-refractivity contribution in [3.05, 3.63) is 36.5 Å². The van der Waals surface area contributed by atoms with Crippen LogP contribution in [0.15, 0.2) is 36.5 Å². The number of carbonyl (C=O) groups is 2. The molecular weight excluding hydrogens is 338 g/mol. The summed E-state index contributed by atoms with van der Waals surface area (Å²) in [6, 6.07) is 10.3. The molecule has 4 rings (SSSR count). The number of carbonyl (C=O) groups excluding carboxylic acids is 2. The summed E-state index contributed by atoms with van der Waals surface area (Å²) in [6.07, 6.45) is 6.45. The van der Waals surface area contributed by atoms with Crippen LogP contribution in [0.3, 0.4) is 0 Å². The van der Waals surface area contributed by atoms with E-state index in [1.54, 1.807) is 6.92 Å². The Hall–Kier alpha value is -2.30. The van der Waals surface area contributed by atoms with Gasteiger partial charge in [-0.05, 0) is 55.0 Å². The van der Waals surface area contributed by atoms with Crippen molar-refractivity contribution in [3.8, 4) is 0 Å². The molecule has 27 heavy (non-hydrogen) atoms. The van der Waals surface area contributed by atoms with Gasteiger partial charge in [-0.25, -0.2) is 0 Å². The standard InChI is InChI=1S/C22H29N3O2/c1-17(26)23-11-6-18(7-12-23)19-8-13-24(14-9-19)22(27)16-25-15-10-20-4-2-3-5-21(20)25/h2-5,10,15,18-19H,6-9,11-14,16H2,1H3. The fraction of sp³-hybridized carbons (Fsp3) is 0.545. The van der Waals surface area contributed by atoms with Crippen LogP contribution >= 0.6 is 0 Å². The molecule has 2 fully saturated rings. The van der Waals surface area contributed by atoms with Gasteiger partial charge in [0.2, 0.25) is 11.8 Å². The molecule has 0 radical (unpaired) electrons. The third kappa shape index (κ3) is 3.87. The van der Waals surface area contributed by atoms with Crippen LogP contribution in [-0.2, 0) is 16.1 Å². The Morgan fingerprint density at radius 2 is 1.48 bits per heavy atom. The molecule has 1 aromatic carbocycles. The van der Waals surface area contributed by atoms with E-state index in [0.717, 1.165) is 57.4 Å². The molecule has 2 amide bonds. The summed E-state index contributed by atoms with van der Waals surface area (Å²) < 4.78 is 2.06. The predicted molar refractivity (Wildman–Crippen MR) is 106 cm³/mol. The van der Waals surface area contributed by atoms with E-state index in [1.807, 2.05) is 28.1 Å². The van der Waals surface area contributed by atoms with Crippen molar-refractivity contribution >= 4 is 22.7 Å². The van der Waals surface area contributed by atoms with E-state index in [1.165, 1.54) is 5.39 Å². The maximum absolute atomic E-state index is 12.8. The molecular formula is C22H29N3O2. The molecule has 0 spiro atoms. The smallest absolute Gasteiger partial charge is 0.242 e. The second-order valence-electron chi connectivity index (χ2n) is 8.06. The van der Waals surface area contributed by atoms with Crippen molar-refractivity contribution in [2.45, 2.75) is 39.2 Å². The van der Waals surface area contributed by atoms with E-state index in [2.05, 4.69) is 22.8 Å². The van der Waals surface area contributed by atoms with Crippen molar-refractivity contribution in [1.29, 1.82) is 0 Å².